The largest absolute Gasteiger partial charge is 0.339 e. The van der Waals surface area contributed by atoms with E-state index in [1.54, 1.807) is 0 Å². The highest BCUT2D eigenvalue weighted by atomic mass is 16.2. The lowest BCUT2D eigenvalue weighted by atomic mass is 9.78. The van der Waals surface area contributed by atoms with Crippen molar-refractivity contribution in [1.29, 1.82) is 0 Å². The molecule has 1 saturated heterocycles. The Kier molecular flexibility index (Phi) is 3.88. The normalized spacial score (nSPS) is 30.3. The standard InChI is InChI=1S/C14H25NO/c1-11(2)10-14(16)15-9-5-7-12-6-3-4-8-13(12)15/h11-13H,3-10H2,1-2H3. The first-order valence-corrected chi connectivity index (χ1v) is 6.98. The Labute approximate surface area is 99.4 Å². The van der Waals surface area contributed by atoms with Gasteiger partial charge in [0.1, 0.15) is 0 Å². The summed E-state index contributed by atoms with van der Waals surface area (Å²) in [6, 6.07) is 0.591. The summed E-state index contributed by atoms with van der Waals surface area (Å²) < 4.78 is 0. The van der Waals surface area contributed by atoms with Gasteiger partial charge < -0.3 is 4.90 Å². The highest BCUT2D eigenvalue weighted by molar-refractivity contribution is 5.76. The summed E-state index contributed by atoms with van der Waals surface area (Å²) in [6.45, 7) is 5.30. The van der Waals surface area contributed by atoms with Gasteiger partial charge in [0, 0.05) is 19.0 Å². The van der Waals surface area contributed by atoms with Crippen LogP contribution in [-0.2, 0) is 4.79 Å². The fourth-order valence-corrected chi connectivity index (χ4v) is 3.40. The van der Waals surface area contributed by atoms with Crippen molar-refractivity contribution in [3.05, 3.63) is 0 Å². The van der Waals surface area contributed by atoms with Gasteiger partial charge in [-0.3, -0.25) is 4.79 Å². The number of hydrogen-bond acceptors (Lipinski definition) is 1. The average Bonchev–Trinajstić information content (AvgIpc) is 2.27. The van der Waals surface area contributed by atoms with Crippen LogP contribution in [0.25, 0.3) is 0 Å². The summed E-state index contributed by atoms with van der Waals surface area (Å²) in [6.07, 6.45) is 8.65. The number of nitrogens with zero attached hydrogens (tertiary/aromatic N) is 1. The summed E-state index contributed by atoms with van der Waals surface area (Å²) >= 11 is 0. The molecule has 0 aromatic carbocycles. The Balaban J connectivity index is 1.99. The van der Waals surface area contributed by atoms with Crippen molar-refractivity contribution >= 4 is 5.91 Å². The van der Waals surface area contributed by atoms with Crippen molar-refractivity contribution in [2.45, 2.75) is 64.8 Å². The van der Waals surface area contributed by atoms with Gasteiger partial charge in [0.2, 0.25) is 5.91 Å². The number of fused-ring (bicyclic) bond motifs is 1. The molecule has 1 heterocycles. The quantitative estimate of drug-likeness (QED) is 0.704. The van der Waals surface area contributed by atoms with Crippen LogP contribution in [0.1, 0.15) is 58.8 Å². The molecule has 16 heavy (non-hydrogen) atoms. The number of amides is 1. The fraction of sp³-hybridized carbons (Fsp3) is 0.929. The smallest absolute Gasteiger partial charge is 0.223 e. The molecule has 0 N–H and O–H groups in total. The van der Waals surface area contributed by atoms with Crippen molar-refractivity contribution in [3.8, 4) is 0 Å². The minimum Gasteiger partial charge on any atom is -0.339 e. The number of carbonyl (C=O) groups excluding carboxylic acids is 1. The maximum Gasteiger partial charge on any atom is 0.223 e. The number of likely N-dealkylation sites (tertiary alicyclic amines) is 1. The minimum atomic E-state index is 0.409. The van der Waals surface area contributed by atoms with Crippen molar-refractivity contribution in [2.24, 2.45) is 11.8 Å². The molecule has 2 rings (SSSR count). The van der Waals surface area contributed by atoms with Crippen LogP contribution in [-0.4, -0.2) is 23.4 Å². The zero-order chi connectivity index (χ0) is 11.5. The third kappa shape index (κ3) is 2.58. The predicted molar refractivity (Wildman–Crippen MR) is 66.1 cm³/mol. The monoisotopic (exact) mass is 223 g/mol. The Hall–Kier alpha value is -0.530. The molecule has 1 aliphatic heterocycles. The molecule has 2 atom stereocenters. The van der Waals surface area contributed by atoms with Gasteiger partial charge in [-0.1, -0.05) is 26.7 Å². The van der Waals surface area contributed by atoms with Gasteiger partial charge in [0.15, 0.2) is 0 Å². The Bertz CT molecular complexity index is 247. The van der Waals surface area contributed by atoms with Gasteiger partial charge in [0.05, 0.1) is 0 Å². The molecular formula is C14H25NO. The van der Waals surface area contributed by atoms with E-state index >= 15 is 0 Å². The Morgan fingerprint density at radius 2 is 1.88 bits per heavy atom. The fourth-order valence-electron chi connectivity index (χ4n) is 3.40. The van der Waals surface area contributed by atoms with Crippen molar-refractivity contribution < 1.29 is 4.79 Å². The average molecular weight is 223 g/mol. The molecule has 0 aromatic heterocycles. The van der Waals surface area contributed by atoms with Crippen LogP contribution in [0.15, 0.2) is 0 Å². The SMILES string of the molecule is CC(C)CC(=O)N1CCCC2CCCCC21. The molecule has 0 radical (unpaired) electrons. The van der Waals surface area contributed by atoms with E-state index in [1.165, 1.54) is 38.5 Å². The summed E-state index contributed by atoms with van der Waals surface area (Å²) in [7, 11) is 0. The second-order valence-electron chi connectivity index (χ2n) is 5.94. The van der Waals surface area contributed by atoms with Crippen LogP contribution in [0.5, 0.6) is 0 Å². The van der Waals surface area contributed by atoms with Crippen LogP contribution >= 0.6 is 0 Å². The lowest BCUT2D eigenvalue weighted by molar-refractivity contribution is -0.138. The minimum absolute atomic E-state index is 0.409. The van der Waals surface area contributed by atoms with E-state index in [2.05, 4.69) is 18.7 Å². The summed E-state index contributed by atoms with van der Waals surface area (Å²) in [4.78, 5) is 14.4. The molecule has 0 spiro atoms. The number of piperidine rings is 1. The van der Waals surface area contributed by atoms with E-state index in [4.69, 9.17) is 0 Å². The van der Waals surface area contributed by atoms with Crippen LogP contribution in [0, 0.1) is 11.8 Å². The molecule has 2 aliphatic rings. The molecule has 1 aliphatic carbocycles. The van der Waals surface area contributed by atoms with E-state index in [0.717, 1.165) is 18.9 Å². The van der Waals surface area contributed by atoms with Crippen molar-refractivity contribution in [3.63, 3.8) is 0 Å². The van der Waals surface area contributed by atoms with Crippen molar-refractivity contribution in [2.75, 3.05) is 6.54 Å². The van der Waals surface area contributed by atoms with E-state index in [1.807, 2.05) is 0 Å². The molecule has 2 nitrogen and oxygen atoms in total. The third-order valence-corrected chi connectivity index (χ3v) is 4.15. The van der Waals surface area contributed by atoms with E-state index < -0.39 is 0 Å². The number of carbonyl (C=O) groups is 1. The molecule has 0 aromatic rings. The molecule has 2 unspecified atom stereocenters. The highest BCUT2D eigenvalue weighted by Crippen LogP contribution is 2.35. The van der Waals surface area contributed by atoms with Crippen molar-refractivity contribution in [1.82, 2.24) is 4.90 Å². The van der Waals surface area contributed by atoms with Gasteiger partial charge in [-0.25, -0.2) is 0 Å². The first-order chi connectivity index (χ1) is 7.68. The summed E-state index contributed by atoms with van der Waals surface area (Å²) in [5, 5.41) is 0. The first-order valence-electron chi connectivity index (χ1n) is 6.98. The maximum atomic E-state index is 12.2. The van der Waals surface area contributed by atoms with Gasteiger partial charge in [0.25, 0.3) is 0 Å². The van der Waals surface area contributed by atoms with Gasteiger partial charge in [-0.05, 0) is 37.5 Å². The highest BCUT2D eigenvalue weighted by Gasteiger charge is 2.35. The van der Waals surface area contributed by atoms with Crippen LogP contribution in [0.2, 0.25) is 0 Å². The molecule has 92 valence electrons. The molecule has 0 bridgehead atoms. The lowest BCUT2D eigenvalue weighted by Gasteiger charge is -2.44. The van der Waals surface area contributed by atoms with Gasteiger partial charge >= 0.3 is 0 Å². The van der Waals surface area contributed by atoms with Gasteiger partial charge in [-0.2, -0.15) is 0 Å². The van der Waals surface area contributed by atoms with Crippen LogP contribution in [0.4, 0.5) is 0 Å². The molecular weight excluding hydrogens is 198 g/mol. The van der Waals surface area contributed by atoms with Crippen LogP contribution in [0.3, 0.4) is 0 Å². The maximum absolute atomic E-state index is 12.2. The van der Waals surface area contributed by atoms with Crippen LogP contribution < -0.4 is 0 Å². The predicted octanol–water partition coefficient (Wildman–Crippen LogP) is 3.21. The summed E-state index contributed by atoms with van der Waals surface area (Å²) in [5.41, 5.74) is 0. The zero-order valence-corrected chi connectivity index (χ0v) is 10.7. The van der Waals surface area contributed by atoms with E-state index in [0.29, 0.717) is 17.9 Å². The number of hydrogen-bond donors (Lipinski definition) is 0. The Morgan fingerprint density at radius 1 is 1.19 bits per heavy atom. The molecule has 1 saturated carbocycles. The number of rotatable bonds is 2. The Morgan fingerprint density at radius 3 is 2.62 bits per heavy atom. The first kappa shape index (κ1) is 11.9. The van der Waals surface area contributed by atoms with E-state index in [9.17, 15) is 4.79 Å². The molecule has 2 fully saturated rings. The van der Waals surface area contributed by atoms with Gasteiger partial charge in [-0.15, -0.1) is 0 Å². The molecule has 2 heteroatoms. The second kappa shape index (κ2) is 5.20. The zero-order valence-electron chi connectivity index (χ0n) is 10.7. The lowest BCUT2D eigenvalue weighted by Crippen LogP contribution is -2.49. The third-order valence-electron chi connectivity index (χ3n) is 4.15. The van der Waals surface area contributed by atoms with E-state index in [-0.39, 0.29) is 0 Å². The topological polar surface area (TPSA) is 20.3 Å². The second-order valence-corrected chi connectivity index (χ2v) is 5.94. The molecule has 1 amide bonds. The summed E-state index contributed by atoms with van der Waals surface area (Å²) in [5.74, 6) is 1.72.